The Balaban J connectivity index is 2.10. The number of carbonyl (C=O) groups is 1. The van der Waals surface area contributed by atoms with Crippen LogP contribution in [0.4, 0.5) is 4.79 Å². The highest BCUT2D eigenvalue weighted by Gasteiger charge is 2.29. The average molecular weight is 292 g/mol. The van der Waals surface area contributed by atoms with Gasteiger partial charge in [0.2, 0.25) is 0 Å². The minimum Gasteiger partial charge on any atom is -0.496 e. The van der Waals surface area contributed by atoms with Gasteiger partial charge in [-0.25, -0.2) is 4.79 Å². The molecular weight excluding hydrogens is 268 g/mol. The molecule has 1 aliphatic heterocycles. The second-order valence-corrected chi connectivity index (χ2v) is 5.32. The van der Waals surface area contributed by atoms with Crippen molar-refractivity contribution in [3.63, 3.8) is 0 Å². The lowest BCUT2D eigenvalue weighted by Gasteiger charge is -2.27. The Morgan fingerprint density at radius 2 is 2.29 bits per heavy atom. The summed E-state index contributed by atoms with van der Waals surface area (Å²) in [7, 11) is 1.63. The van der Waals surface area contributed by atoms with Crippen molar-refractivity contribution in [1.82, 2.24) is 10.2 Å². The number of amides is 2. The minimum atomic E-state index is -0.107. The third kappa shape index (κ3) is 3.47. The first-order valence-corrected chi connectivity index (χ1v) is 7.52. The van der Waals surface area contributed by atoms with E-state index in [0.29, 0.717) is 6.54 Å². The Morgan fingerprint density at radius 3 is 2.95 bits per heavy atom. The summed E-state index contributed by atoms with van der Waals surface area (Å²) < 4.78 is 5.37. The quantitative estimate of drug-likeness (QED) is 0.875. The Morgan fingerprint density at radius 1 is 1.52 bits per heavy atom. The molecule has 5 heteroatoms. The number of nitrogens with zero attached hydrogens (tertiary/aromatic N) is 1. The van der Waals surface area contributed by atoms with E-state index in [9.17, 15) is 9.90 Å². The van der Waals surface area contributed by atoms with Crippen LogP contribution in [0.1, 0.15) is 37.8 Å². The second kappa shape index (κ2) is 7.31. The van der Waals surface area contributed by atoms with E-state index in [2.05, 4.69) is 5.32 Å². The summed E-state index contributed by atoms with van der Waals surface area (Å²) >= 11 is 0. The maximum atomic E-state index is 12.4. The molecule has 0 spiro atoms. The van der Waals surface area contributed by atoms with E-state index < -0.39 is 0 Å². The van der Waals surface area contributed by atoms with E-state index in [1.165, 1.54) is 0 Å². The fraction of sp³-hybridized carbons (Fsp3) is 0.562. The number of hydrogen-bond acceptors (Lipinski definition) is 3. The van der Waals surface area contributed by atoms with Crippen LogP contribution in [0.5, 0.6) is 5.75 Å². The molecule has 1 aromatic carbocycles. The third-order valence-corrected chi connectivity index (χ3v) is 4.07. The maximum Gasteiger partial charge on any atom is 0.318 e. The highest BCUT2D eigenvalue weighted by Crippen LogP contribution is 2.27. The van der Waals surface area contributed by atoms with E-state index in [1.807, 2.05) is 31.2 Å². The van der Waals surface area contributed by atoms with Gasteiger partial charge in [-0.1, -0.05) is 25.1 Å². The van der Waals surface area contributed by atoms with Gasteiger partial charge in [-0.2, -0.15) is 0 Å². The molecule has 116 valence electrons. The maximum absolute atomic E-state index is 12.4. The van der Waals surface area contributed by atoms with Crippen molar-refractivity contribution in [3.8, 4) is 5.75 Å². The topological polar surface area (TPSA) is 61.8 Å². The number of aliphatic hydroxyl groups excluding tert-OH is 1. The largest absolute Gasteiger partial charge is 0.496 e. The van der Waals surface area contributed by atoms with Gasteiger partial charge >= 0.3 is 6.03 Å². The minimum absolute atomic E-state index is 0.0267. The first-order valence-electron chi connectivity index (χ1n) is 7.52. The zero-order chi connectivity index (χ0) is 15.2. The van der Waals surface area contributed by atoms with Crippen molar-refractivity contribution in [2.24, 2.45) is 0 Å². The molecule has 1 saturated heterocycles. The normalized spacial score (nSPS) is 19.4. The second-order valence-electron chi connectivity index (χ2n) is 5.32. The molecule has 2 amide bonds. The molecule has 0 saturated carbocycles. The molecule has 1 aromatic rings. The summed E-state index contributed by atoms with van der Waals surface area (Å²) in [6, 6.07) is 7.48. The van der Waals surface area contributed by atoms with Crippen molar-refractivity contribution in [3.05, 3.63) is 29.8 Å². The summed E-state index contributed by atoms with van der Waals surface area (Å²) in [6.45, 7) is 2.77. The highest BCUT2D eigenvalue weighted by atomic mass is 16.5. The Labute approximate surface area is 125 Å². The number of rotatable bonds is 5. The van der Waals surface area contributed by atoms with E-state index in [1.54, 1.807) is 12.0 Å². The number of methoxy groups -OCH3 is 1. The van der Waals surface area contributed by atoms with Crippen LogP contribution in [0, 0.1) is 0 Å². The van der Waals surface area contributed by atoms with Crippen molar-refractivity contribution in [2.75, 3.05) is 20.3 Å². The van der Waals surface area contributed by atoms with E-state index in [4.69, 9.17) is 4.74 Å². The fourth-order valence-corrected chi connectivity index (χ4v) is 2.88. The van der Waals surface area contributed by atoms with Crippen LogP contribution < -0.4 is 10.1 Å². The number of ether oxygens (including phenoxy) is 1. The average Bonchev–Trinajstić information content (AvgIpc) is 3.01. The number of carbonyl (C=O) groups excluding carboxylic acids is 1. The smallest absolute Gasteiger partial charge is 0.318 e. The fourth-order valence-electron chi connectivity index (χ4n) is 2.88. The Bertz CT molecular complexity index is 478. The van der Waals surface area contributed by atoms with Gasteiger partial charge in [0.1, 0.15) is 5.75 Å². The molecule has 2 atom stereocenters. The van der Waals surface area contributed by atoms with E-state index in [0.717, 1.165) is 30.6 Å². The van der Waals surface area contributed by atoms with Gasteiger partial charge in [0.05, 0.1) is 25.8 Å². The Hall–Kier alpha value is -1.75. The number of para-hydroxylation sites is 1. The lowest BCUT2D eigenvalue weighted by Crippen LogP contribution is -2.45. The van der Waals surface area contributed by atoms with E-state index >= 15 is 0 Å². The number of aliphatic hydroxyl groups is 1. The number of benzene rings is 1. The van der Waals surface area contributed by atoms with Crippen LogP contribution in [-0.2, 0) is 0 Å². The van der Waals surface area contributed by atoms with Crippen molar-refractivity contribution in [2.45, 2.75) is 38.3 Å². The molecule has 0 radical (unpaired) electrons. The molecule has 0 aromatic heterocycles. The predicted octanol–water partition coefficient (Wildman–Crippen LogP) is 2.31. The standard InChI is InChI=1S/C16H24N2O3/c1-3-14(13-8-4-5-9-15(13)21-2)17-16(20)18-10-6-7-12(18)11-19/h4-5,8-9,12,14,19H,3,6-7,10-11H2,1-2H3,(H,17,20)/t12-,14-/m0/s1. The summed E-state index contributed by atoms with van der Waals surface area (Å²) in [5.41, 5.74) is 0.982. The van der Waals surface area contributed by atoms with Crippen molar-refractivity contribution < 1.29 is 14.6 Å². The summed E-state index contributed by atoms with van der Waals surface area (Å²) in [5, 5.41) is 12.4. The number of likely N-dealkylation sites (tertiary alicyclic amines) is 1. The summed E-state index contributed by atoms with van der Waals surface area (Å²) in [5.74, 6) is 0.782. The van der Waals surface area contributed by atoms with Gasteiger partial charge < -0.3 is 20.1 Å². The molecule has 1 aliphatic rings. The lowest BCUT2D eigenvalue weighted by molar-refractivity contribution is 0.154. The first-order chi connectivity index (χ1) is 10.2. The van der Waals surface area contributed by atoms with Crippen LogP contribution in [0.25, 0.3) is 0 Å². The first kappa shape index (κ1) is 15.6. The third-order valence-electron chi connectivity index (χ3n) is 4.07. The molecule has 0 bridgehead atoms. The van der Waals surface area contributed by atoms with Gasteiger partial charge in [-0.3, -0.25) is 0 Å². The molecule has 0 unspecified atom stereocenters. The van der Waals surface area contributed by atoms with Gasteiger partial charge in [-0.05, 0) is 25.3 Å². The van der Waals surface area contributed by atoms with Crippen LogP contribution in [0.3, 0.4) is 0 Å². The molecule has 1 heterocycles. The number of hydrogen-bond donors (Lipinski definition) is 2. The van der Waals surface area contributed by atoms with Gasteiger partial charge in [0.25, 0.3) is 0 Å². The Kier molecular flexibility index (Phi) is 5.44. The zero-order valence-electron chi connectivity index (χ0n) is 12.7. The van der Waals surface area contributed by atoms with Crippen molar-refractivity contribution in [1.29, 1.82) is 0 Å². The van der Waals surface area contributed by atoms with Crippen LogP contribution >= 0.6 is 0 Å². The summed E-state index contributed by atoms with van der Waals surface area (Å²) in [4.78, 5) is 14.2. The highest BCUT2D eigenvalue weighted by molar-refractivity contribution is 5.75. The molecule has 5 nitrogen and oxygen atoms in total. The predicted molar refractivity (Wildman–Crippen MR) is 81.4 cm³/mol. The van der Waals surface area contributed by atoms with Crippen LogP contribution in [0.15, 0.2) is 24.3 Å². The van der Waals surface area contributed by atoms with Gasteiger partial charge in [0.15, 0.2) is 0 Å². The van der Waals surface area contributed by atoms with E-state index in [-0.39, 0.29) is 24.7 Å². The lowest BCUT2D eigenvalue weighted by atomic mass is 10.0. The molecule has 21 heavy (non-hydrogen) atoms. The molecule has 2 N–H and O–H groups in total. The van der Waals surface area contributed by atoms with Crippen LogP contribution in [0.2, 0.25) is 0 Å². The zero-order valence-corrected chi connectivity index (χ0v) is 12.7. The molecule has 0 aliphatic carbocycles. The monoisotopic (exact) mass is 292 g/mol. The molecule has 2 rings (SSSR count). The number of nitrogens with one attached hydrogen (secondary N) is 1. The van der Waals surface area contributed by atoms with Gasteiger partial charge in [-0.15, -0.1) is 0 Å². The molecular formula is C16H24N2O3. The molecule has 1 fully saturated rings. The summed E-state index contributed by atoms with van der Waals surface area (Å²) in [6.07, 6.45) is 2.60. The van der Waals surface area contributed by atoms with Crippen molar-refractivity contribution >= 4 is 6.03 Å². The van der Waals surface area contributed by atoms with Crippen LogP contribution in [-0.4, -0.2) is 42.3 Å². The van der Waals surface area contributed by atoms with Gasteiger partial charge in [0, 0.05) is 12.1 Å². The SMILES string of the molecule is CC[C@H](NC(=O)N1CCC[C@H]1CO)c1ccccc1OC. The number of urea groups is 1.